The average Bonchev–Trinajstić information content (AvgIpc) is 2.84. The molecule has 19 heavy (non-hydrogen) atoms. The van der Waals surface area contributed by atoms with Crippen LogP contribution < -0.4 is 10.5 Å². The lowest BCUT2D eigenvalue weighted by atomic mass is 10.2. The molecular formula is C11H14FN5OS. The van der Waals surface area contributed by atoms with Gasteiger partial charge in [0.05, 0.1) is 13.7 Å². The van der Waals surface area contributed by atoms with E-state index in [9.17, 15) is 4.39 Å². The number of hydrogen-bond donors (Lipinski definition) is 1. The van der Waals surface area contributed by atoms with Crippen LogP contribution in [0.3, 0.4) is 0 Å². The number of tetrazole rings is 1. The van der Waals surface area contributed by atoms with Crippen LogP contribution in [0.2, 0.25) is 0 Å². The van der Waals surface area contributed by atoms with E-state index in [0.29, 0.717) is 24.0 Å². The molecule has 2 rings (SSSR count). The smallest absolute Gasteiger partial charge is 0.209 e. The summed E-state index contributed by atoms with van der Waals surface area (Å²) in [5, 5.41) is 12.0. The van der Waals surface area contributed by atoms with Gasteiger partial charge >= 0.3 is 0 Å². The molecule has 102 valence electrons. The summed E-state index contributed by atoms with van der Waals surface area (Å²) in [7, 11) is 1.44. The first-order valence-electron chi connectivity index (χ1n) is 5.66. The van der Waals surface area contributed by atoms with Crippen LogP contribution in [0.25, 0.3) is 0 Å². The molecule has 0 aliphatic heterocycles. The Morgan fingerprint density at radius 1 is 1.47 bits per heavy atom. The largest absolute Gasteiger partial charge is 0.494 e. The van der Waals surface area contributed by atoms with Gasteiger partial charge in [0.15, 0.2) is 11.6 Å². The molecular weight excluding hydrogens is 269 g/mol. The van der Waals surface area contributed by atoms with Gasteiger partial charge in [-0.15, -0.1) is 5.10 Å². The van der Waals surface area contributed by atoms with Crippen LogP contribution in [0, 0.1) is 5.82 Å². The van der Waals surface area contributed by atoms with Crippen molar-refractivity contribution >= 4 is 11.8 Å². The molecule has 8 heteroatoms. The minimum atomic E-state index is -0.373. The number of benzene rings is 1. The SMILES string of the molecule is COc1ccc(CSc2nnnn2CCN)cc1F. The standard InChI is InChI=1S/C11H14FN5OS/c1-18-10-3-2-8(6-9(10)12)7-19-11-14-15-16-17(11)5-4-13/h2-3,6H,4-5,7,13H2,1H3. The summed E-state index contributed by atoms with van der Waals surface area (Å²) in [6.45, 7) is 1.03. The highest BCUT2D eigenvalue weighted by molar-refractivity contribution is 7.98. The minimum absolute atomic E-state index is 0.238. The molecule has 0 spiro atoms. The maximum atomic E-state index is 13.5. The van der Waals surface area contributed by atoms with Gasteiger partial charge < -0.3 is 10.5 Å². The Kier molecular flexibility index (Phi) is 4.69. The Balaban J connectivity index is 2.02. The summed E-state index contributed by atoms with van der Waals surface area (Å²) in [4.78, 5) is 0. The number of nitrogens with two attached hydrogens (primary N) is 1. The Labute approximate surface area is 114 Å². The van der Waals surface area contributed by atoms with Gasteiger partial charge in [0, 0.05) is 12.3 Å². The van der Waals surface area contributed by atoms with Crippen molar-refractivity contribution in [1.82, 2.24) is 20.2 Å². The Morgan fingerprint density at radius 3 is 3.00 bits per heavy atom. The van der Waals surface area contributed by atoms with Gasteiger partial charge in [-0.3, -0.25) is 0 Å². The zero-order valence-electron chi connectivity index (χ0n) is 10.4. The fourth-order valence-electron chi connectivity index (χ4n) is 1.51. The normalized spacial score (nSPS) is 10.7. The predicted octanol–water partition coefficient (Wildman–Crippen LogP) is 1.07. The topological polar surface area (TPSA) is 78.9 Å². The van der Waals surface area contributed by atoms with Crippen LogP contribution in [-0.4, -0.2) is 33.9 Å². The molecule has 0 radical (unpaired) electrons. The average molecular weight is 283 g/mol. The number of thioether (sulfide) groups is 1. The van der Waals surface area contributed by atoms with Gasteiger partial charge in [0.1, 0.15) is 0 Å². The number of hydrogen-bond acceptors (Lipinski definition) is 6. The van der Waals surface area contributed by atoms with Crippen molar-refractivity contribution in [2.75, 3.05) is 13.7 Å². The van der Waals surface area contributed by atoms with E-state index in [1.54, 1.807) is 10.7 Å². The van der Waals surface area contributed by atoms with Crippen LogP contribution in [0.15, 0.2) is 23.4 Å². The quantitative estimate of drug-likeness (QED) is 0.799. The van der Waals surface area contributed by atoms with Crippen LogP contribution in [0.1, 0.15) is 5.56 Å². The third-order valence-electron chi connectivity index (χ3n) is 2.42. The van der Waals surface area contributed by atoms with Crippen molar-refractivity contribution in [2.24, 2.45) is 5.73 Å². The third-order valence-corrected chi connectivity index (χ3v) is 3.45. The second kappa shape index (κ2) is 6.48. The maximum Gasteiger partial charge on any atom is 0.209 e. The highest BCUT2D eigenvalue weighted by atomic mass is 32.2. The zero-order valence-corrected chi connectivity index (χ0v) is 11.2. The molecule has 0 saturated carbocycles. The van der Waals surface area contributed by atoms with E-state index in [1.165, 1.54) is 24.9 Å². The highest BCUT2D eigenvalue weighted by Gasteiger charge is 2.08. The molecule has 1 heterocycles. The molecule has 0 amide bonds. The molecule has 2 N–H and O–H groups in total. The van der Waals surface area contributed by atoms with Crippen molar-refractivity contribution < 1.29 is 9.13 Å². The number of methoxy groups -OCH3 is 1. The van der Waals surface area contributed by atoms with E-state index < -0.39 is 0 Å². The molecule has 0 atom stereocenters. The monoisotopic (exact) mass is 283 g/mol. The summed E-state index contributed by atoms with van der Waals surface area (Å²) in [5.41, 5.74) is 6.30. The molecule has 0 fully saturated rings. The van der Waals surface area contributed by atoms with Crippen LogP contribution >= 0.6 is 11.8 Å². The fraction of sp³-hybridized carbons (Fsp3) is 0.364. The molecule has 2 aromatic rings. The molecule has 0 aliphatic rings. The number of rotatable bonds is 6. The summed E-state index contributed by atoms with van der Waals surface area (Å²) in [6.07, 6.45) is 0. The van der Waals surface area contributed by atoms with E-state index in [-0.39, 0.29) is 11.6 Å². The molecule has 0 saturated heterocycles. The number of halogens is 1. The van der Waals surface area contributed by atoms with Crippen molar-refractivity contribution in [2.45, 2.75) is 17.5 Å². The summed E-state index contributed by atoms with van der Waals surface area (Å²) < 4.78 is 20.0. The first-order valence-corrected chi connectivity index (χ1v) is 6.64. The van der Waals surface area contributed by atoms with Gasteiger partial charge in [0.25, 0.3) is 0 Å². The van der Waals surface area contributed by atoms with Gasteiger partial charge in [-0.2, -0.15) is 0 Å². The van der Waals surface area contributed by atoms with Gasteiger partial charge in [0.2, 0.25) is 5.16 Å². The van der Waals surface area contributed by atoms with Gasteiger partial charge in [-0.25, -0.2) is 9.07 Å². The molecule has 0 unspecified atom stereocenters. The Hall–Kier alpha value is -1.67. The van der Waals surface area contributed by atoms with E-state index in [2.05, 4.69) is 15.5 Å². The van der Waals surface area contributed by atoms with Crippen LogP contribution in [0.4, 0.5) is 4.39 Å². The van der Waals surface area contributed by atoms with Gasteiger partial charge in [-0.1, -0.05) is 17.8 Å². The van der Waals surface area contributed by atoms with E-state index in [1.807, 2.05) is 6.07 Å². The number of nitrogens with zero attached hydrogens (tertiary/aromatic N) is 4. The Morgan fingerprint density at radius 2 is 2.32 bits per heavy atom. The van der Waals surface area contributed by atoms with Crippen molar-refractivity contribution in [3.8, 4) is 5.75 Å². The predicted molar refractivity (Wildman–Crippen MR) is 69.4 cm³/mol. The van der Waals surface area contributed by atoms with E-state index in [0.717, 1.165) is 5.56 Å². The van der Waals surface area contributed by atoms with Crippen molar-refractivity contribution in [1.29, 1.82) is 0 Å². The number of aromatic nitrogens is 4. The molecule has 6 nitrogen and oxygen atoms in total. The molecule has 0 bridgehead atoms. The summed E-state index contributed by atoms with van der Waals surface area (Å²) in [6, 6.07) is 4.86. The molecule has 1 aromatic heterocycles. The lowest BCUT2D eigenvalue weighted by Gasteiger charge is -2.05. The van der Waals surface area contributed by atoms with Crippen molar-refractivity contribution in [3.05, 3.63) is 29.6 Å². The highest BCUT2D eigenvalue weighted by Crippen LogP contribution is 2.23. The second-order valence-electron chi connectivity index (χ2n) is 3.73. The molecule has 1 aromatic carbocycles. The first-order chi connectivity index (χ1) is 9.24. The van der Waals surface area contributed by atoms with Crippen LogP contribution in [0.5, 0.6) is 5.75 Å². The Bertz CT molecular complexity index is 548. The first kappa shape index (κ1) is 13.8. The summed E-state index contributed by atoms with van der Waals surface area (Å²) >= 11 is 1.43. The fourth-order valence-corrected chi connectivity index (χ4v) is 2.36. The minimum Gasteiger partial charge on any atom is -0.494 e. The van der Waals surface area contributed by atoms with Crippen LogP contribution in [-0.2, 0) is 12.3 Å². The number of ether oxygens (including phenoxy) is 1. The molecule has 0 aliphatic carbocycles. The van der Waals surface area contributed by atoms with Crippen molar-refractivity contribution in [3.63, 3.8) is 0 Å². The maximum absolute atomic E-state index is 13.5. The zero-order chi connectivity index (χ0) is 13.7. The third kappa shape index (κ3) is 3.42. The van der Waals surface area contributed by atoms with E-state index >= 15 is 0 Å². The van der Waals surface area contributed by atoms with E-state index in [4.69, 9.17) is 10.5 Å². The lowest BCUT2D eigenvalue weighted by Crippen LogP contribution is -2.12. The lowest BCUT2D eigenvalue weighted by molar-refractivity contribution is 0.386. The second-order valence-corrected chi connectivity index (χ2v) is 4.67. The van der Waals surface area contributed by atoms with Gasteiger partial charge in [-0.05, 0) is 28.1 Å². The summed E-state index contributed by atoms with van der Waals surface area (Å²) in [5.74, 6) is 0.440.